The molecule has 2 aromatic carbocycles. The van der Waals surface area contributed by atoms with Crippen LogP contribution in [-0.4, -0.2) is 17.6 Å². The molecule has 35 heavy (non-hydrogen) atoms. The average Bonchev–Trinajstić information content (AvgIpc) is 3.81. The Morgan fingerprint density at radius 3 is 2.71 bits per heavy atom. The molecule has 0 spiro atoms. The van der Waals surface area contributed by atoms with Crippen LogP contribution in [0.3, 0.4) is 0 Å². The molecule has 0 aliphatic heterocycles. The highest BCUT2D eigenvalue weighted by molar-refractivity contribution is 6.31. The summed E-state index contributed by atoms with van der Waals surface area (Å²) in [4.78, 5) is 4.51. The number of rotatable bonds is 12. The monoisotopic (exact) mass is 489 g/mol. The van der Waals surface area contributed by atoms with Crippen molar-refractivity contribution in [1.82, 2.24) is 10.3 Å². The number of nitrogens with two attached hydrogens (primary N) is 1. The van der Waals surface area contributed by atoms with E-state index in [9.17, 15) is 0 Å². The molecule has 0 radical (unpaired) electrons. The number of para-hydroxylation sites is 1. The lowest BCUT2D eigenvalue weighted by molar-refractivity contribution is 0.304. The van der Waals surface area contributed by atoms with E-state index in [2.05, 4.69) is 59.7 Å². The number of pyridine rings is 1. The molecule has 4 nitrogen and oxygen atoms in total. The van der Waals surface area contributed by atoms with E-state index in [1.54, 1.807) is 0 Å². The summed E-state index contributed by atoms with van der Waals surface area (Å²) in [5.74, 6) is 1.47. The van der Waals surface area contributed by atoms with Gasteiger partial charge in [0.25, 0.3) is 0 Å². The molecule has 5 rings (SSSR count). The minimum Gasteiger partial charge on any atom is -0.490 e. The lowest BCUT2D eigenvalue weighted by Crippen LogP contribution is -2.29. The Morgan fingerprint density at radius 2 is 1.94 bits per heavy atom. The van der Waals surface area contributed by atoms with Crippen molar-refractivity contribution in [3.63, 3.8) is 0 Å². The van der Waals surface area contributed by atoms with Crippen LogP contribution in [0.2, 0.25) is 5.02 Å². The predicted octanol–water partition coefficient (Wildman–Crippen LogP) is 6.95. The van der Waals surface area contributed by atoms with Crippen molar-refractivity contribution in [2.24, 2.45) is 5.73 Å². The van der Waals surface area contributed by atoms with Gasteiger partial charge in [-0.1, -0.05) is 55.3 Å². The number of hydrogen-bond donors (Lipinski definition) is 2. The molecule has 2 aliphatic carbocycles. The van der Waals surface area contributed by atoms with Crippen molar-refractivity contribution in [2.45, 2.75) is 76.0 Å². The standard InChI is InChI=1S/C30H36ClN3O/c1-21(6-4-5-16-32)22-9-12-28(31)23(18-22)19-34-30(14-15-30)27-20-33-17-13-25(27)26-7-2-3-8-29(26)35-24-10-11-24/h2-3,7-9,12-13,17-18,20-21,24,34H,4-6,10-11,14-16,19,32H2,1H3/t21-/m1/s1. The highest BCUT2D eigenvalue weighted by atomic mass is 35.5. The van der Waals surface area contributed by atoms with E-state index in [0.29, 0.717) is 12.0 Å². The Balaban J connectivity index is 1.35. The molecule has 0 amide bonds. The van der Waals surface area contributed by atoms with Gasteiger partial charge < -0.3 is 15.8 Å². The number of halogens is 1. The maximum absolute atomic E-state index is 6.64. The molecule has 0 bridgehead atoms. The van der Waals surface area contributed by atoms with Crippen LogP contribution in [0, 0.1) is 0 Å². The van der Waals surface area contributed by atoms with E-state index in [-0.39, 0.29) is 5.54 Å². The van der Waals surface area contributed by atoms with Crippen molar-refractivity contribution < 1.29 is 4.74 Å². The first kappa shape index (κ1) is 24.3. The highest BCUT2D eigenvalue weighted by Crippen LogP contribution is 2.50. The lowest BCUT2D eigenvalue weighted by atomic mass is 9.93. The van der Waals surface area contributed by atoms with Crippen LogP contribution in [-0.2, 0) is 12.1 Å². The van der Waals surface area contributed by atoms with Gasteiger partial charge in [0.2, 0.25) is 0 Å². The third-order valence-electron chi connectivity index (χ3n) is 7.43. The molecule has 1 atom stereocenters. The number of unbranched alkanes of at least 4 members (excludes halogenated alkanes) is 1. The summed E-state index contributed by atoms with van der Waals surface area (Å²) >= 11 is 6.64. The summed E-state index contributed by atoms with van der Waals surface area (Å²) in [6, 6.07) is 17.0. The zero-order chi connectivity index (χ0) is 24.3. The van der Waals surface area contributed by atoms with Crippen LogP contribution < -0.4 is 15.8 Å². The summed E-state index contributed by atoms with van der Waals surface area (Å²) in [5, 5.41) is 4.68. The maximum Gasteiger partial charge on any atom is 0.127 e. The van der Waals surface area contributed by atoms with Crippen LogP contribution in [0.5, 0.6) is 5.75 Å². The Bertz CT molecular complexity index is 1160. The molecular formula is C30H36ClN3O. The van der Waals surface area contributed by atoms with Crippen LogP contribution in [0.4, 0.5) is 0 Å². The van der Waals surface area contributed by atoms with Crippen molar-refractivity contribution in [3.8, 4) is 16.9 Å². The van der Waals surface area contributed by atoms with Crippen molar-refractivity contribution in [3.05, 3.63) is 82.6 Å². The van der Waals surface area contributed by atoms with Gasteiger partial charge in [0.15, 0.2) is 0 Å². The number of nitrogens with zero attached hydrogens (tertiary/aromatic N) is 1. The molecule has 184 valence electrons. The van der Waals surface area contributed by atoms with Crippen LogP contribution in [0.1, 0.15) is 74.5 Å². The van der Waals surface area contributed by atoms with Crippen molar-refractivity contribution in [1.29, 1.82) is 0 Å². The van der Waals surface area contributed by atoms with Gasteiger partial charge >= 0.3 is 0 Å². The minimum atomic E-state index is -0.0810. The zero-order valence-corrected chi connectivity index (χ0v) is 21.4. The Morgan fingerprint density at radius 1 is 1.11 bits per heavy atom. The molecule has 2 fully saturated rings. The van der Waals surface area contributed by atoms with Gasteiger partial charge in [-0.05, 0) is 91.4 Å². The van der Waals surface area contributed by atoms with E-state index in [0.717, 1.165) is 79.9 Å². The summed E-state index contributed by atoms with van der Waals surface area (Å²) < 4.78 is 6.25. The maximum atomic E-state index is 6.64. The molecule has 2 aliphatic rings. The van der Waals surface area contributed by atoms with E-state index in [4.69, 9.17) is 22.1 Å². The molecule has 5 heteroatoms. The van der Waals surface area contributed by atoms with Gasteiger partial charge in [-0.15, -0.1) is 0 Å². The van der Waals surface area contributed by atoms with Gasteiger partial charge in [0.05, 0.1) is 6.10 Å². The molecule has 3 N–H and O–H groups in total. The predicted molar refractivity (Wildman–Crippen MR) is 144 cm³/mol. The van der Waals surface area contributed by atoms with Crippen LogP contribution in [0.25, 0.3) is 11.1 Å². The molecule has 2 saturated carbocycles. The Hall–Kier alpha value is -2.40. The van der Waals surface area contributed by atoms with Crippen LogP contribution >= 0.6 is 11.6 Å². The zero-order valence-electron chi connectivity index (χ0n) is 20.6. The first-order valence-electron chi connectivity index (χ1n) is 13.0. The molecule has 0 saturated heterocycles. The fraction of sp³-hybridized carbons (Fsp3) is 0.433. The molecule has 1 aromatic heterocycles. The van der Waals surface area contributed by atoms with E-state index < -0.39 is 0 Å². The first-order valence-corrected chi connectivity index (χ1v) is 13.4. The van der Waals surface area contributed by atoms with Crippen molar-refractivity contribution >= 4 is 11.6 Å². The Kier molecular flexibility index (Phi) is 7.43. The lowest BCUT2D eigenvalue weighted by Gasteiger charge is -2.23. The number of ether oxygens (including phenoxy) is 1. The van der Waals surface area contributed by atoms with E-state index in [1.807, 2.05) is 18.5 Å². The second-order valence-electron chi connectivity index (χ2n) is 10.2. The van der Waals surface area contributed by atoms with Gasteiger partial charge in [-0.25, -0.2) is 0 Å². The fourth-order valence-electron chi connectivity index (χ4n) is 4.90. The van der Waals surface area contributed by atoms with Gasteiger partial charge in [0.1, 0.15) is 5.75 Å². The smallest absolute Gasteiger partial charge is 0.127 e. The quantitative estimate of drug-likeness (QED) is 0.270. The summed E-state index contributed by atoms with van der Waals surface area (Å²) in [6.45, 7) is 3.79. The van der Waals surface area contributed by atoms with Gasteiger partial charge in [-0.3, -0.25) is 4.98 Å². The number of benzene rings is 2. The normalized spacial score (nSPS) is 17.2. The largest absolute Gasteiger partial charge is 0.490 e. The van der Waals surface area contributed by atoms with Gasteiger partial charge in [-0.2, -0.15) is 0 Å². The molecular weight excluding hydrogens is 454 g/mol. The second kappa shape index (κ2) is 10.7. The SMILES string of the molecule is C[C@H](CCCCN)c1ccc(Cl)c(CNC2(c3cnccc3-c3ccccc3OC3CC3)CC2)c1. The average molecular weight is 490 g/mol. The second-order valence-corrected chi connectivity index (χ2v) is 10.6. The van der Waals surface area contributed by atoms with Crippen molar-refractivity contribution in [2.75, 3.05) is 6.54 Å². The summed E-state index contributed by atoms with van der Waals surface area (Å²) in [7, 11) is 0. The summed E-state index contributed by atoms with van der Waals surface area (Å²) in [5.41, 5.74) is 11.7. The number of nitrogens with one attached hydrogen (secondary N) is 1. The minimum absolute atomic E-state index is 0.0810. The number of aromatic nitrogens is 1. The molecule has 3 aromatic rings. The molecule has 1 heterocycles. The Labute approximate surface area is 214 Å². The fourth-order valence-corrected chi connectivity index (χ4v) is 5.08. The highest BCUT2D eigenvalue weighted by Gasteiger charge is 2.45. The third-order valence-corrected chi connectivity index (χ3v) is 7.80. The van der Waals surface area contributed by atoms with E-state index >= 15 is 0 Å². The van der Waals surface area contributed by atoms with Crippen LogP contribution in [0.15, 0.2) is 60.9 Å². The molecule has 0 unspecified atom stereocenters. The van der Waals surface area contributed by atoms with E-state index in [1.165, 1.54) is 16.7 Å². The first-order chi connectivity index (χ1) is 17.1. The topological polar surface area (TPSA) is 60.2 Å². The van der Waals surface area contributed by atoms with Gasteiger partial charge in [0, 0.05) is 35.1 Å². The summed E-state index contributed by atoms with van der Waals surface area (Å²) in [6.07, 6.45) is 12.1. The third kappa shape index (κ3) is 5.72. The number of hydrogen-bond acceptors (Lipinski definition) is 4.